The Kier molecular flexibility index (Phi) is 4.42. The summed E-state index contributed by atoms with van der Waals surface area (Å²) in [6.45, 7) is 6.04. The lowest BCUT2D eigenvalue weighted by Crippen LogP contribution is -2.19. The minimum absolute atomic E-state index is 0.165. The first-order valence-electron chi connectivity index (χ1n) is 5.30. The van der Waals surface area contributed by atoms with Crippen LogP contribution >= 0.6 is 11.8 Å². The number of carboxylic acids is 1. The quantitative estimate of drug-likeness (QED) is 0.796. The van der Waals surface area contributed by atoms with Gasteiger partial charge in [0.15, 0.2) is 0 Å². The largest absolute Gasteiger partial charge is 0.481 e. The van der Waals surface area contributed by atoms with E-state index < -0.39 is 5.97 Å². The fourth-order valence-electron chi connectivity index (χ4n) is 1.37. The molecule has 0 fully saturated rings. The lowest BCUT2D eigenvalue weighted by Gasteiger charge is -2.21. The third-order valence-corrected chi connectivity index (χ3v) is 3.81. The third kappa shape index (κ3) is 4.71. The zero-order valence-corrected chi connectivity index (χ0v) is 10.8. The number of thioether (sulfide) groups is 1. The van der Waals surface area contributed by atoms with E-state index in [0.717, 1.165) is 5.75 Å². The monoisotopic (exact) mass is 238 g/mol. The topological polar surface area (TPSA) is 37.3 Å². The average Bonchev–Trinajstić information content (AvgIpc) is 2.15. The standard InChI is InChI=1S/C13H18O2S/c1-10-4-6-11(7-5-10)16-9-13(2,3)8-12(14)15/h4-7H,8-9H2,1-3H3,(H,14,15). The first-order chi connectivity index (χ1) is 7.39. The Morgan fingerprint density at radius 2 is 1.88 bits per heavy atom. The lowest BCUT2D eigenvalue weighted by molar-refractivity contribution is -0.138. The van der Waals surface area contributed by atoms with Crippen molar-refractivity contribution in [3.63, 3.8) is 0 Å². The number of aliphatic carboxylic acids is 1. The molecule has 0 saturated carbocycles. The summed E-state index contributed by atoms with van der Waals surface area (Å²) < 4.78 is 0. The van der Waals surface area contributed by atoms with Crippen molar-refractivity contribution >= 4 is 17.7 Å². The third-order valence-electron chi connectivity index (χ3n) is 2.28. The van der Waals surface area contributed by atoms with E-state index in [9.17, 15) is 4.79 Å². The maximum Gasteiger partial charge on any atom is 0.303 e. The van der Waals surface area contributed by atoms with E-state index >= 15 is 0 Å². The van der Waals surface area contributed by atoms with Crippen molar-refractivity contribution in [2.45, 2.75) is 32.1 Å². The second-order valence-electron chi connectivity index (χ2n) is 4.84. The van der Waals surface area contributed by atoms with Gasteiger partial charge in [0.2, 0.25) is 0 Å². The van der Waals surface area contributed by atoms with Gasteiger partial charge in [-0.1, -0.05) is 31.5 Å². The second-order valence-corrected chi connectivity index (χ2v) is 5.89. The summed E-state index contributed by atoms with van der Waals surface area (Å²) in [7, 11) is 0. The van der Waals surface area contributed by atoms with Crippen LogP contribution in [0.15, 0.2) is 29.2 Å². The zero-order chi connectivity index (χ0) is 12.2. The number of carboxylic acid groups (broad SMARTS) is 1. The van der Waals surface area contributed by atoms with Crippen LogP contribution in [0, 0.1) is 12.3 Å². The van der Waals surface area contributed by atoms with Crippen LogP contribution in [0.25, 0.3) is 0 Å². The SMILES string of the molecule is Cc1ccc(SCC(C)(C)CC(=O)O)cc1. The van der Waals surface area contributed by atoms with Gasteiger partial charge in [0.05, 0.1) is 6.42 Å². The zero-order valence-electron chi connectivity index (χ0n) is 9.99. The molecule has 0 bridgehead atoms. The van der Waals surface area contributed by atoms with Gasteiger partial charge in [-0.3, -0.25) is 4.79 Å². The first kappa shape index (κ1) is 13.1. The minimum Gasteiger partial charge on any atom is -0.481 e. The Labute approximate surface area is 101 Å². The molecule has 1 aromatic rings. The van der Waals surface area contributed by atoms with Crippen LogP contribution in [0.1, 0.15) is 25.8 Å². The molecule has 0 heterocycles. The molecule has 0 radical (unpaired) electrons. The van der Waals surface area contributed by atoms with Crippen LogP contribution in [0.5, 0.6) is 0 Å². The maximum atomic E-state index is 10.7. The Hall–Kier alpha value is -0.960. The molecular weight excluding hydrogens is 220 g/mol. The molecule has 0 aliphatic rings. The Bertz CT molecular complexity index is 355. The predicted octanol–water partition coefficient (Wildman–Crippen LogP) is 3.59. The van der Waals surface area contributed by atoms with Gasteiger partial charge in [-0.2, -0.15) is 0 Å². The number of hydrogen-bond donors (Lipinski definition) is 1. The van der Waals surface area contributed by atoms with Crippen molar-refractivity contribution < 1.29 is 9.90 Å². The fraction of sp³-hybridized carbons (Fsp3) is 0.462. The summed E-state index contributed by atoms with van der Waals surface area (Å²) in [5.41, 5.74) is 1.08. The molecule has 0 atom stereocenters. The Morgan fingerprint density at radius 1 is 1.31 bits per heavy atom. The Morgan fingerprint density at radius 3 is 2.38 bits per heavy atom. The normalized spacial score (nSPS) is 11.4. The summed E-state index contributed by atoms with van der Waals surface area (Å²) in [6, 6.07) is 8.31. The molecule has 0 unspecified atom stereocenters. The molecule has 0 saturated heterocycles. The van der Waals surface area contributed by atoms with Gasteiger partial charge < -0.3 is 5.11 Å². The average molecular weight is 238 g/mol. The summed E-state index contributed by atoms with van der Waals surface area (Å²) in [5.74, 6) is 0.0945. The summed E-state index contributed by atoms with van der Waals surface area (Å²) in [5, 5.41) is 8.77. The van der Waals surface area contributed by atoms with Gasteiger partial charge in [-0.15, -0.1) is 11.8 Å². The Balaban J connectivity index is 2.50. The molecule has 0 spiro atoms. The van der Waals surface area contributed by atoms with Crippen LogP contribution in [0.3, 0.4) is 0 Å². The molecule has 0 aliphatic carbocycles. The highest BCUT2D eigenvalue weighted by atomic mass is 32.2. The van der Waals surface area contributed by atoms with Crippen molar-refractivity contribution in [3.05, 3.63) is 29.8 Å². The number of rotatable bonds is 5. The lowest BCUT2D eigenvalue weighted by atomic mass is 9.92. The molecule has 3 heteroatoms. The van der Waals surface area contributed by atoms with Crippen molar-refractivity contribution in [2.75, 3.05) is 5.75 Å². The van der Waals surface area contributed by atoms with E-state index in [0.29, 0.717) is 0 Å². The molecule has 16 heavy (non-hydrogen) atoms. The highest BCUT2D eigenvalue weighted by molar-refractivity contribution is 7.99. The summed E-state index contributed by atoms with van der Waals surface area (Å²) in [4.78, 5) is 11.9. The van der Waals surface area contributed by atoms with Crippen molar-refractivity contribution in [2.24, 2.45) is 5.41 Å². The van der Waals surface area contributed by atoms with Crippen molar-refractivity contribution in [3.8, 4) is 0 Å². The molecule has 88 valence electrons. The maximum absolute atomic E-state index is 10.7. The number of carbonyl (C=O) groups is 1. The van der Waals surface area contributed by atoms with Crippen molar-refractivity contribution in [1.29, 1.82) is 0 Å². The smallest absolute Gasteiger partial charge is 0.303 e. The fourth-order valence-corrected chi connectivity index (χ4v) is 2.36. The molecule has 1 N–H and O–H groups in total. The molecule has 1 rings (SSSR count). The molecule has 0 aromatic heterocycles. The number of benzene rings is 1. The molecule has 2 nitrogen and oxygen atoms in total. The van der Waals surface area contributed by atoms with Gasteiger partial charge in [-0.05, 0) is 24.5 Å². The second kappa shape index (κ2) is 5.39. The van der Waals surface area contributed by atoms with Crippen LogP contribution in [0.2, 0.25) is 0 Å². The van der Waals surface area contributed by atoms with Gasteiger partial charge >= 0.3 is 5.97 Å². The van der Waals surface area contributed by atoms with E-state index in [-0.39, 0.29) is 11.8 Å². The van der Waals surface area contributed by atoms with E-state index in [2.05, 4.69) is 31.2 Å². The summed E-state index contributed by atoms with van der Waals surface area (Å²) in [6.07, 6.45) is 0.214. The number of hydrogen-bond acceptors (Lipinski definition) is 2. The minimum atomic E-state index is -0.727. The van der Waals surface area contributed by atoms with Gasteiger partial charge in [0.1, 0.15) is 0 Å². The van der Waals surface area contributed by atoms with Crippen LogP contribution in [-0.4, -0.2) is 16.8 Å². The molecular formula is C13H18O2S. The van der Waals surface area contributed by atoms with Crippen LogP contribution in [-0.2, 0) is 4.79 Å². The van der Waals surface area contributed by atoms with Crippen LogP contribution in [0.4, 0.5) is 0 Å². The van der Waals surface area contributed by atoms with Gasteiger partial charge in [-0.25, -0.2) is 0 Å². The first-order valence-corrected chi connectivity index (χ1v) is 6.29. The molecule has 0 amide bonds. The van der Waals surface area contributed by atoms with E-state index in [1.165, 1.54) is 10.5 Å². The van der Waals surface area contributed by atoms with E-state index in [1.54, 1.807) is 11.8 Å². The molecule has 1 aromatic carbocycles. The van der Waals surface area contributed by atoms with Gasteiger partial charge in [0.25, 0.3) is 0 Å². The van der Waals surface area contributed by atoms with Crippen LogP contribution < -0.4 is 0 Å². The van der Waals surface area contributed by atoms with Gasteiger partial charge in [0, 0.05) is 10.6 Å². The van der Waals surface area contributed by atoms with E-state index in [4.69, 9.17) is 5.11 Å². The highest BCUT2D eigenvalue weighted by Gasteiger charge is 2.21. The van der Waals surface area contributed by atoms with E-state index in [1.807, 2.05) is 13.8 Å². The number of aryl methyl sites for hydroxylation is 1. The highest BCUT2D eigenvalue weighted by Crippen LogP contribution is 2.30. The summed E-state index contributed by atoms with van der Waals surface area (Å²) >= 11 is 1.71. The molecule has 0 aliphatic heterocycles. The van der Waals surface area contributed by atoms with Crippen molar-refractivity contribution in [1.82, 2.24) is 0 Å². The predicted molar refractivity (Wildman–Crippen MR) is 67.9 cm³/mol.